The molecule has 6 nitrogen and oxygen atoms in total. The second-order valence-electron chi connectivity index (χ2n) is 7.40. The zero-order valence-corrected chi connectivity index (χ0v) is 17.6. The number of rotatable bonds is 5. The van der Waals surface area contributed by atoms with Crippen LogP contribution in [0.15, 0.2) is 83.4 Å². The Bertz CT molecular complexity index is 1310. The van der Waals surface area contributed by atoms with Crippen molar-refractivity contribution in [1.29, 1.82) is 0 Å². The van der Waals surface area contributed by atoms with Crippen LogP contribution in [0.5, 0.6) is 0 Å². The monoisotopic (exact) mass is 442 g/mol. The Morgan fingerprint density at radius 1 is 1.17 bits per heavy atom. The van der Waals surface area contributed by atoms with Gasteiger partial charge in [-0.3, -0.25) is 0 Å². The van der Waals surface area contributed by atoms with Gasteiger partial charge in [0.25, 0.3) is 10.0 Å². The van der Waals surface area contributed by atoms with Crippen LogP contribution in [-0.2, 0) is 21.2 Å². The molecule has 2 heterocycles. The molecule has 1 aliphatic rings. The number of carbonyl (C=O) groups is 1. The summed E-state index contributed by atoms with van der Waals surface area (Å²) in [7, 11) is -3.88. The van der Waals surface area contributed by atoms with E-state index in [1.807, 2.05) is 6.92 Å². The summed E-state index contributed by atoms with van der Waals surface area (Å²) in [6.07, 6.45) is 4.88. The van der Waals surface area contributed by atoms with Crippen molar-refractivity contribution in [2.24, 2.45) is 0 Å². The van der Waals surface area contributed by atoms with Crippen LogP contribution < -0.4 is 5.32 Å². The summed E-state index contributed by atoms with van der Waals surface area (Å²) in [6.45, 7) is 1.82. The number of hydrogen-bond acceptors (Lipinski definition) is 4. The number of nitrogens with one attached hydrogen (secondary N) is 1. The predicted octanol–water partition coefficient (Wildman–Crippen LogP) is 3.96. The second-order valence-corrected chi connectivity index (χ2v) is 9.62. The molecule has 0 fully saturated rings. The lowest BCUT2D eigenvalue weighted by Crippen LogP contribution is -2.42. The lowest BCUT2D eigenvalue weighted by Gasteiger charge is -2.30. The minimum Gasteiger partial charge on any atom is -0.478 e. The van der Waals surface area contributed by atoms with Crippen LogP contribution in [0.1, 0.15) is 12.6 Å². The number of aromatic nitrogens is 1. The molecule has 0 bridgehead atoms. The molecule has 0 aliphatic carbocycles. The van der Waals surface area contributed by atoms with Gasteiger partial charge in [-0.1, -0.05) is 29.8 Å². The third kappa shape index (κ3) is 3.62. The molecular formula is C22H19ClN2O4S. The van der Waals surface area contributed by atoms with Gasteiger partial charge in [0.15, 0.2) is 0 Å². The van der Waals surface area contributed by atoms with Gasteiger partial charge in [-0.2, -0.15) is 0 Å². The lowest BCUT2D eigenvalue weighted by molar-refractivity contribution is -0.132. The highest BCUT2D eigenvalue weighted by Crippen LogP contribution is 2.31. The standard InChI is InChI=1S/C22H19ClN2O4S/c1-22(13-15(21(26)27)9-10-24-22)14-18-12-16-11-17(23)7-8-20(16)25(18)30(28,29)19-5-3-2-4-6-19/h2-13,24H,14H2,1H3,(H,26,27). The van der Waals surface area contributed by atoms with Crippen LogP contribution in [0, 0.1) is 0 Å². The molecule has 0 saturated heterocycles. The van der Waals surface area contributed by atoms with Gasteiger partial charge in [0.1, 0.15) is 0 Å². The van der Waals surface area contributed by atoms with E-state index >= 15 is 0 Å². The zero-order chi connectivity index (χ0) is 21.5. The Labute approximate surface area is 179 Å². The van der Waals surface area contributed by atoms with Gasteiger partial charge in [-0.05, 0) is 61.7 Å². The number of halogens is 1. The fourth-order valence-corrected chi connectivity index (χ4v) is 5.43. The normalized spacial score (nSPS) is 18.8. The minimum atomic E-state index is -3.88. The first-order valence-electron chi connectivity index (χ1n) is 9.21. The van der Waals surface area contributed by atoms with Crippen LogP contribution in [0.4, 0.5) is 0 Å². The Kier molecular flexibility index (Phi) is 4.95. The van der Waals surface area contributed by atoms with Crippen molar-refractivity contribution in [2.75, 3.05) is 0 Å². The highest BCUT2D eigenvalue weighted by atomic mass is 35.5. The summed E-state index contributed by atoms with van der Waals surface area (Å²) in [6, 6.07) is 15.0. The third-order valence-electron chi connectivity index (χ3n) is 5.02. The van der Waals surface area contributed by atoms with Gasteiger partial charge in [-0.15, -0.1) is 0 Å². The van der Waals surface area contributed by atoms with Crippen LogP contribution in [0.3, 0.4) is 0 Å². The third-order valence-corrected chi connectivity index (χ3v) is 7.03. The number of dihydropyridines is 1. The van der Waals surface area contributed by atoms with Gasteiger partial charge in [0.05, 0.1) is 21.5 Å². The fourth-order valence-electron chi connectivity index (χ4n) is 3.69. The molecule has 0 radical (unpaired) electrons. The van der Waals surface area contributed by atoms with Crippen molar-refractivity contribution in [3.63, 3.8) is 0 Å². The molecule has 2 N–H and O–H groups in total. The van der Waals surface area contributed by atoms with Crippen molar-refractivity contribution in [3.05, 3.63) is 89.2 Å². The van der Waals surface area contributed by atoms with Gasteiger partial charge in [0.2, 0.25) is 0 Å². The molecular weight excluding hydrogens is 424 g/mol. The first kappa shape index (κ1) is 20.3. The maximum atomic E-state index is 13.5. The number of nitrogens with zero attached hydrogens (tertiary/aromatic N) is 1. The SMILES string of the molecule is CC1(Cc2cc3cc(Cl)ccc3n2S(=O)(=O)c2ccccc2)C=C(C(=O)O)C=CN1. The maximum Gasteiger partial charge on any atom is 0.335 e. The maximum absolute atomic E-state index is 13.5. The molecule has 0 saturated carbocycles. The van der Waals surface area contributed by atoms with E-state index in [1.54, 1.807) is 66.9 Å². The Morgan fingerprint density at radius 2 is 1.90 bits per heavy atom. The average Bonchev–Trinajstić information content (AvgIpc) is 3.05. The summed E-state index contributed by atoms with van der Waals surface area (Å²) >= 11 is 6.13. The summed E-state index contributed by atoms with van der Waals surface area (Å²) in [5.41, 5.74) is 0.385. The van der Waals surface area contributed by atoms with E-state index in [9.17, 15) is 18.3 Å². The van der Waals surface area contributed by atoms with E-state index in [0.29, 0.717) is 21.6 Å². The predicted molar refractivity (Wildman–Crippen MR) is 116 cm³/mol. The molecule has 3 aromatic rings. The van der Waals surface area contributed by atoms with Gasteiger partial charge < -0.3 is 10.4 Å². The van der Waals surface area contributed by atoms with Gasteiger partial charge >= 0.3 is 5.97 Å². The van der Waals surface area contributed by atoms with E-state index in [2.05, 4.69) is 5.32 Å². The van der Waals surface area contributed by atoms with E-state index in [0.717, 1.165) is 0 Å². The molecule has 154 valence electrons. The highest BCUT2D eigenvalue weighted by Gasteiger charge is 2.30. The van der Waals surface area contributed by atoms with Crippen LogP contribution in [0.2, 0.25) is 5.02 Å². The van der Waals surface area contributed by atoms with Crippen molar-refractivity contribution in [3.8, 4) is 0 Å². The van der Waals surface area contributed by atoms with Crippen molar-refractivity contribution < 1.29 is 18.3 Å². The molecule has 2 aromatic carbocycles. The molecule has 0 amide bonds. The lowest BCUT2D eigenvalue weighted by atomic mass is 9.91. The number of benzene rings is 2. The van der Waals surface area contributed by atoms with Gasteiger partial charge in [0, 0.05) is 22.5 Å². The molecule has 30 heavy (non-hydrogen) atoms. The Balaban J connectivity index is 1.90. The summed E-state index contributed by atoms with van der Waals surface area (Å²) < 4.78 is 28.4. The number of carboxylic acid groups (broad SMARTS) is 1. The molecule has 4 rings (SSSR count). The zero-order valence-electron chi connectivity index (χ0n) is 16.0. The van der Waals surface area contributed by atoms with E-state index in [4.69, 9.17) is 11.6 Å². The first-order valence-corrected chi connectivity index (χ1v) is 11.0. The van der Waals surface area contributed by atoms with Gasteiger partial charge in [-0.25, -0.2) is 17.2 Å². The quantitative estimate of drug-likeness (QED) is 0.624. The topological polar surface area (TPSA) is 88.4 Å². The smallest absolute Gasteiger partial charge is 0.335 e. The number of carboxylic acids is 1. The Hall–Kier alpha value is -3.03. The summed E-state index contributed by atoms with van der Waals surface area (Å²) in [5.74, 6) is -1.04. The molecule has 1 aliphatic heterocycles. The minimum absolute atomic E-state index is 0.146. The molecule has 1 aromatic heterocycles. The van der Waals surface area contributed by atoms with E-state index < -0.39 is 21.5 Å². The second kappa shape index (κ2) is 7.34. The summed E-state index contributed by atoms with van der Waals surface area (Å²) in [5, 5.41) is 13.7. The van der Waals surface area contributed by atoms with Crippen molar-refractivity contribution in [2.45, 2.75) is 23.8 Å². The van der Waals surface area contributed by atoms with Crippen LogP contribution >= 0.6 is 11.6 Å². The van der Waals surface area contributed by atoms with Crippen molar-refractivity contribution >= 4 is 38.5 Å². The number of aliphatic carboxylic acids is 1. The molecule has 1 atom stereocenters. The largest absolute Gasteiger partial charge is 0.478 e. The highest BCUT2D eigenvalue weighted by molar-refractivity contribution is 7.90. The number of hydrogen-bond donors (Lipinski definition) is 2. The molecule has 1 unspecified atom stereocenters. The van der Waals surface area contributed by atoms with E-state index in [1.165, 1.54) is 10.0 Å². The summed E-state index contributed by atoms with van der Waals surface area (Å²) in [4.78, 5) is 11.6. The van der Waals surface area contributed by atoms with Crippen molar-refractivity contribution in [1.82, 2.24) is 9.29 Å². The first-order chi connectivity index (χ1) is 14.2. The Morgan fingerprint density at radius 3 is 2.60 bits per heavy atom. The van der Waals surface area contributed by atoms with Crippen LogP contribution in [0.25, 0.3) is 10.9 Å². The van der Waals surface area contributed by atoms with E-state index in [-0.39, 0.29) is 16.9 Å². The fraction of sp³-hybridized carbons (Fsp3) is 0.136. The molecule has 0 spiro atoms. The molecule has 8 heteroatoms. The average molecular weight is 443 g/mol. The van der Waals surface area contributed by atoms with Crippen LogP contribution in [-0.4, -0.2) is 29.0 Å². The number of fused-ring (bicyclic) bond motifs is 1.